The van der Waals surface area contributed by atoms with E-state index in [0.717, 1.165) is 17.7 Å². The highest BCUT2D eigenvalue weighted by atomic mass is 35.5. The summed E-state index contributed by atoms with van der Waals surface area (Å²) in [4.78, 5) is 4.31. The van der Waals surface area contributed by atoms with Crippen LogP contribution in [0.5, 0.6) is 0 Å². The molecule has 0 spiro atoms. The van der Waals surface area contributed by atoms with Crippen molar-refractivity contribution in [3.8, 4) is 0 Å². The number of hydrogen-bond acceptors (Lipinski definition) is 2. The number of rotatable bonds is 3. The van der Waals surface area contributed by atoms with E-state index in [0.29, 0.717) is 11.2 Å². The van der Waals surface area contributed by atoms with Gasteiger partial charge in [-0.2, -0.15) is 0 Å². The van der Waals surface area contributed by atoms with Crippen LogP contribution >= 0.6 is 11.6 Å². The summed E-state index contributed by atoms with van der Waals surface area (Å²) in [6.45, 7) is 4.69. The van der Waals surface area contributed by atoms with Crippen LogP contribution in [0.3, 0.4) is 0 Å². The third-order valence-electron chi connectivity index (χ3n) is 4.02. The SMILES string of the molecule is CC(C)C1CCCC(Nc2cccc(Cl)n2)CC1. The molecule has 0 bridgehead atoms. The summed E-state index contributed by atoms with van der Waals surface area (Å²) in [6.07, 6.45) is 6.52. The average Bonchev–Trinajstić information content (AvgIpc) is 2.55. The molecule has 2 rings (SSSR count). The molecule has 1 aromatic rings. The first-order chi connectivity index (χ1) is 8.65. The number of nitrogens with one attached hydrogen (secondary N) is 1. The van der Waals surface area contributed by atoms with Crippen LogP contribution in [-0.4, -0.2) is 11.0 Å². The summed E-state index contributed by atoms with van der Waals surface area (Å²) in [5.74, 6) is 2.62. The Balaban J connectivity index is 1.91. The molecule has 0 amide bonds. The summed E-state index contributed by atoms with van der Waals surface area (Å²) in [5.41, 5.74) is 0. The predicted molar refractivity (Wildman–Crippen MR) is 78.1 cm³/mol. The molecule has 1 aliphatic carbocycles. The van der Waals surface area contributed by atoms with Gasteiger partial charge in [0.1, 0.15) is 11.0 Å². The second-order valence-corrected chi connectivity index (χ2v) is 6.09. The van der Waals surface area contributed by atoms with Gasteiger partial charge in [0.2, 0.25) is 0 Å². The smallest absolute Gasteiger partial charge is 0.131 e. The van der Waals surface area contributed by atoms with E-state index in [1.165, 1.54) is 32.1 Å². The van der Waals surface area contributed by atoms with Crippen molar-refractivity contribution in [2.24, 2.45) is 11.8 Å². The zero-order valence-electron chi connectivity index (χ0n) is 11.3. The van der Waals surface area contributed by atoms with Crippen LogP contribution in [0.1, 0.15) is 46.0 Å². The van der Waals surface area contributed by atoms with Crippen LogP contribution in [0.15, 0.2) is 18.2 Å². The molecule has 1 aliphatic rings. The monoisotopic (exact) mass is 266 g/mol. The predicted octanol–water partition coefficient (Wildman–Crippen LogP) is 4.75. The highest BCUT2D eigenvalue weighted by Crippen LogP contribution is 2.29. The molecule has 0 saturated heterocycles. The van der Waals surface area contributed by atoms with Crippen molar-refractivity contribution in [1.29, 1.82) is 0 Å². The van der Waals surface area contributed by atoms with Gasteiger partial charge in [-0.15, -0.1) is 0 Å². The first-order valence-corrected chi connectivity index (χ1v) is 7.42. The first-order valence-electron chi connectivity index (χ1n) is 7.04. The van der Waals surface area contributed by atoms with Gasteiger partial charge in [-0.1, -0.05) is 44.4 Å². The van der Waals surface area contributed by atoms with E-state index in [1.54, 1.807) is 0 Å². The quantitative estimate of drug-likeness (QED) is 0.631. The zero-order valence-corrected chi connectivity index (χ0v) is 12.1. The van der Waals surface area contributed by atoms with Crippen molar-refractivity contribution in [1.82, 2.24) is 4.98 Å². The number of anilines is 1. The Bertz CT molecular complexity index is 379. The van der Waals surface area contributed by atoms with Crippen molar-refractivity contribution in [2.45, 2.75) is 52.0 Å². The third-order valence-corrected chi connectivity index (χ3v) is 4.23. The number of aromatic nitrogens is 1. The number of pyridine rings is 1. The maximum Gasteiger partial charge on any atom is 0.131 e. The molecule has 1 saturated carbocycles. The van der Waals surface area contributed by atoms with Crippen molar-refractivity contribution in [3.05, 3.63) is 23.4 Å². The van der Waals surface area contributed by atoms with E-state index in [9.17, 15) is 0 Å². The Morgan fingerprint density at radius 1 is 1.22 bits per heavy atom. The van der Waals surface area contributed by atoms with Gasteiger partial charge in [0.05, 0.1) is 0 Å². The van der Waals surface area contributed by atoms with E-state index in [-0.39, 0.29) is 0 Å². The van der Waals surface area contributed by atoms with E-state index in [1.807, 2.05) is 18.2 Å². The minimum atomic E-state index is 0.555. The maximum atomic E-state index is 5.91. The van der Waals surface area contributed by atoms with Gasteiger partial charge in [-0.3, -0.25) is 0 Å². The fourth-order valence-corrected chi connectivity index (χ4v) is 3.00. The minimum Gasteiger partial charge on any atom is -0.367 e. The summed E-state index contributed by atoms with van der Waals surface area (Å²) in [7, 11) is 0. The van der Waals surface area contributed by atoms with Gasteiger partial charge in [0.25, 0.3) is 0 Å². The Morgan fingerprint density at radius 2 is 2.06 bits per heavy atom. The summed E-state index contributed by atoms with van der Waals surface area (Å²) >= 11 is 5.91. The fourth-order valence-electron chi connectivity index (χ4n) is 2.84. The fraction of sp³-hybridized carbons (Fsp3) is 0.667. The van der Waals surface area contributed by atoms with Gasteiger partial charge >= 0.3 is 0 Å². The van der Waals surface area contributed by atoms with Gasteiger partial charge in [-0.25, -0.2) is 4.98 Å². The highest BCUT2D eigenvalue weighted by molar-refractivity contribution is 6.29. The standard InChI is InChI=1S/C15H23ClN2/c1-11(2)12-5-3-6-13(10-9-12)17-15-8-4-7-14(16)18-15/h4,7-8,11-13H,3,5-6,9-10H2,1-2H3,(H,17,18). The lowest BCUT2D eigenvalue weighted by atomic mass is 9.89. The third kappa shape index (κ3) is 3.88. The first kappa shape index (κ1) is 13.7. The van der Waals surface area contributed by atoms with Gasteiger partial charge < -0.3 is 5.32 Å². The number of nitrogens with zero attached hydrogens (tertiary/aromatic N) is 1. The van der Waals surface area contributed by atoms with Crippen molar-refractivity contribution in [3.63, 3.8) is 0 Å². The molecular weight excluding hydrogens is 244 g/mol. The van der Waals surface area contributed by atoms with Crippen LogP contribution in [0, 0.1) is 11.8 Å². The molecule has 0 aliphatic heterocycles. The van der Waals surface area contributed by atoms with Crippen molar-refractivity contribution in [2.75, 3.05) is 5.32 Å². The molecule has 0 radical (unpaired) electrons. The molecule has 1 fully saturated rings. The highest BCUT2D eigenvalue weighted by Gasteiger charge is 2.20. The largest absolute Gasteiger partial charge is 0.367 e. The van der Waals surface area contributed by atoms with Gasteiger partial charge in [0, 0.05) is 6.04 Å². The Hall–Kier alpha value is -0.760. The summed E-state index contributed by atoms with van der Waals surface area (Å²) < 4.78 is 0. The lowest BCUT2D eigenvalue weighted by Crippen LogP contribution is -2.19. The molecule has 2 unspecified atom stereocenters. The Labute approximate surface area is 115 Å². The topological polar surface area (TPSA) is 24.9 Å². The van der Waals surface area contributed by atoms with Crippen molar-refractivity contribution < 1.29 is 0 Å². The molecule has 2 atom stereocenters. The maximum absolute atomic E-state index is 5.91. The van der Waals surface area contributed by atoms with Crippen LogP contribution in [0.4, 0.5) is 5.82 Å². The minimum absolute atomic E-state index is 0.555. The zero-order chi connectivity index (χ0) is 13.0. The second kappa shape index (κ2) is 6.42. The molecule has 0 aromatic carbocycles. The van der Waals surface area contributed by atoms with Crippen LogP contribution in [0.25, 0.3) is 0 Å². The molecule has 1 heterocycles. The molecule has 2 nitrogen and oxygen atoms in total. The van der Waals surface area contributed by atoms with Crippen LogP contribution < -0.4 is 5.32 Å². The summed E-state index contributed by atoms with van der Waals surface area (Å²) in [6, 6.07) is 6.32. The second-order valence-electron chi connectivity index (χ2n) is 5.70. The lowest BCUT2D eigenvalue weighted by molar-refractivity contribution is 0.341. The average molecular weight is 267 g/mol. The summed E-state index contributed by atoms with van der Waals surface area (Å²) in [5, 5.41) is 4.09. The van der Waals surface area contributed by atoms with E-state index in [4.69, 9.17) is 11.6 Å². The number of halogens is 1. The van der Waals surface area contributed by atoms with Crippen LogP contribution in [0.2, 0.25) is 5.15 Å². The lowest BCUT2D eigenvalue weighted by Gasteiger charge is -2.19. The van der Waals surface area contributed by atoms with E-state index < -0.39 is 0 Å². The van der Waals surface area contributed by atoms with Gasteiger partial charge in [0.15, 0.2) is 0 Å². The number of hydrogen-bond donors (Lipinski definition) is 1. The Morgan fingerprint density at radius 3 is 2.78 bits per heavy atom. The van der Waals surface area contributed by atoms with E-state index in [2.05, 4.69) is 24.1 Å². The molecule has 3 heteroatoms. The molecule has 1 N–H and O–H groups in total. The normalized spacial score (nSPS) is 24.9. The van der Waals surface area contributed by atoms with E-state index >= 15 is 0 Å². The molecule has 100 valence electrons. The van der Waals surface area contributed by atoms with Gasteiger partial charge in [-0.05, 0) is 43.2 Å². The molecule has 1 aromatic heterocycles. The van der Waals surface area contributed by atoms with Crippen LogP contribution in [-0.2, 0) is 0 Å². The van der Waals surface area contributed by atoms with Crippen molar-refractivity contribution >= 4 is 17.4 Å². The molecular formula is C15H23ClN2. The molecule has 18 heavy (non-hydrogen) atoms. The Kier molecular flexibility index (Phi) is 4.87.